The molecule has 2 nitrogen and oxygen atoms in total. The first-order valence-corrected chi connectivity index (χ1v) is 6.04. The molecule has 0 saturated carbocycles. The van der Waals surface area contributed by atoms with Crippen LogP contribution in [0.2, 0.25) is 0 Å². The van der Waals surface area contributed by atoms with Crippen LogP contribution in [0.25, 0.3) is 0 Å². The zero-order valence-electron chi connectivity index (χ0n) is 10.6. The number of carbonyl (C=O) groups is 1. The summed E-state index contributed by atoms with van der Waals surface area (Å²) < 4.78 is 5.43. The van der Waals surface area contributed by atoms with Crippen LogP contribution in [0.15, 0.2) is 36.9 Å². The van der Waals surface area contributed by atoms with Gasteiger partial charge in [-0.3, -0.25) is 4.79 Å². The van der Waals surface area contributed by atoms with Gasteiger partial charge >= 0.3 is 0 Å². The molecule has 0 bridgehead atoms. The number of ketones is 1. The molecule has 0 radical (unpaired) electrons. The third kappa shape index (κ3) is 4.16. The normalized spacial score (nSPS) is 12.1. The van der Waals surface area contributed by atoms with Crippen molar-refractivity contribution in [3.63, 3.8) is 0 Å². The van der Waals surface area contributed by atoms with Crippen LogP contribution in [0, 0.1) is 0 Å². The highest BCUT2D eigenvalue weighted by Gasteiger charge is 2.14. The summed E-state index contributed by atoms with van der Waals surface area (Å²) in [5.41, 5.74) is 1.95. The number of hydrogen-bond acceptors (Lipinski definition) is 2. The van der Waals surface area contributed by atoms with Gasteiger partial charge in [-0.25, -0.2) is 0 Å². The fourth-order valence-corrected chi connectivity index (χ4v) is 1.54. The Balaban J connectivity index is 2.58. The zero-order chi connectivity index (χ0) is 12.7. The molecular weight excluding hydrogens is 212 g/mol. The van der Waals surface area contributed by atoms with Gasteiger partial charge in [-0.15, -0.1) is 6.58 Å². The van der Waals surface area contributed by atoms with Crippen LogP contribution in [-0.2, 0) is 11.2 Å². The molecule has 0 saturated heterocycles. The van der Waals surface area contributed by atoms with Crippen molar-refractivity contribution in [1.82, 2.24) is 0 Å². The first-order valence-electron chi connectivity index (χ1n) is 6.04. The highest BCUT2D eigenvalue weighted by Crippen LogP contribution is 2.09. The molecular formula is C15H20O2. The lowest BCUT2D eigenvalue weighted by Crippen LogP contribution is -2.21. The van der Waals surface area contributed by atoms with E-state index >= 15 is 0 Å². The first-order chi connectivity index (χ1) is 8.19. The predicted octanol–water partition coefficient (Wildman–Crippen LogP) is 3.41. The second-order valence-corrected chi connectivity index (χ2v) is 4.01. The highest BCUT2D eigenvalue weighted by atomic mass is 16.5. The summed E-state index contributed by atoms with van der Waals surface area (Å²) >= 11 is 0. The van der Waals surface area contributed by atoms with Crippen LogP contribution in [0.4, 0.5) is 0 Å². The van der Waals surface area contributed by atoms with Gasteiger partial charge in [-0.2, -0.15) is 0 Å². The maximum absolute atomic E-state index is 12.0. The minimum Gasteiger partial charge on any atom is -0.370 e. The van der Waals surface area contributed by atoms with Crippen LogP contribution < -0.4 is 0 Å². The molecule has 1 atom stereocenters. The molecule has 92 valence electrons. The minimum absolute atomic E-state index is 0.0386. The van der Waals surface area contributed by atoms with Gasteiger partial charge < -0.3 is 4.74 Å². The minimum atomic E-state index is -0.387. The van der Waals surface area contributed by atoms with E-state index in [1.807, 2.05) is 24.3 Å². The molecule has 1 rings (SSSR count). The quantitative estimate of drug-likeness (QED) is 0.409. The van der Waals surface area contributed by atoms with Crippen LogP contribution in [0.1, 0.15) is 36.2 Å². The maximum Gasteiger partial charge on any atom is 0.191 e. The van der Waals surface area contributed by atoms with E-state index in [0.717, 1.165) is 12.8 Å². The Morgan fingerprint density at radius 2 is 2.06 bits per heavy atom. The average Bonchev–Trinajstić information content (AvgIpc) is 2.38. The van der Waals surface area contributed by atoms with Gasteiger partial charge in [0.1, 0.15) is 6.10 Å². The van der Waals surface area contributed by atoms with Crippen LogP contribution >= 0.6 is 0 Å². The van der Waals surface area contributed by atoms with Gasteiger partial charge in [0.15, 0.2) is 5.78 Å². The summed E-state index contributed by atoms with van der Waals surface area (Å²) in [5.74, 6) is 0.0386. The first kappa shape index (κ1) is 13.7. The van der Waals surface area contributed by atoms with Crippen molar-refractivity contribution >= 4 is 5.78 Å². The molecule has 1 aromatic rings. The Labute approximate surface area is 103 Å². The monoisotopic (exact) mass is 232 g/mol. The van der Waals surface area contributed by atoms with Gasteiger partial charge in [0.05, 0.1) is 6.61 Å². The van der Waals surface area contributed by atoms with Gasteiger partial charge in [-0.05, 0) is 25.3 Å². The van der Waals surface area contributed by atoms with Crippen molar-refractivity contribution in [3.8, 4) is 0 Å². The van der Waals surface area contributed by atoms with Crippen molar-refractivity contribution in [2.24, 2.45) is 0 Å². The molecule has 1 aromatic carbocycles. The van der Waals surface area contributed by atoms with E-state index in [9.17, 15) is 4.79 Å². The summed E-state index contributed by atoms with van der Waals surface area (Å²) in [6, 6.07) is 7.72. The topological polar surface area (TPSA) is 26.3 Å². The van der Waals surface area contributed by atoms with Gasteiger partial charge in [0.2, 0.25) is 0 Å². The fraction of sp³-hybridized carbons (Fsp3) is 0.400. The van der Waals surface area contributed by atoms with E-state index < -0.39 is 0 Å². The standard InChI is InChI=1S/C15H20O2/c1-4-6-11-17-12(3)15(16)14-9-7-13(5-2)8-10-14/h4,7-10,12H,1,5-6,11H2,2-3H3. The van der Waals surface area contributed by atoms with Crippen LogP contribution in [0.3, 0.4) is 0 Å². The predicted molar refractivity (Wildman–Crippen MR) is 70.4 cm³/mol. The molecule has 17 heavy (non-hydrogen) atoms. The second-order valence-electron chi connectivity index (χ2n) is 4.01. The molecule has 0 aliphatic rings. The third-order valence-corrected chi connectivity index (χ3v) is 2.71. The number of benzene rings is 1. The Kier molecular flexibility index (Phi) is 5.64. The number of hydrogen-bond donors (Lipinski definition) is 0. The van der Waals surface area contributed by atoms with Crippen molar-refractivity contribution in [1.29, 1.82) is 0 Å². The van der Waals surface area contributed by atoms with Crippen molar-refractivity contribution < 1.29 is 9.53 Å². The largest absolute Gasteiger partial charge is 0.370 e. The smallest absolute Gasteiger partial charge is 0.191 e. The molecule has 2 heteroatoms. The van der Waals surface area contributed by atoms with E-state index in [1.165, 1.54) is 5.56 Å². The lowest BCUT2D eigenvalue weighted by Gasteiger charge is -2.11. The molecule has 0 aromatic heterocycles. The molecule has 0 aliphatic carbocycles. The molecule has 0 aliphatic heterocycles. The lowest BCUT2D eigenvalue weighted by molar-refractivity contribution is 0.0492. The van der Waals surface area contributed by atoms with Gasteiger partial charge in [0.25, 0.3) is 0 Å². The highest BCUT2D eigenvalue weighted by molar-refractivity contribution is 5.99. The number of Topliss-reactive ketones (excluding diaryl/α,β-unsaturated/α-hetero) is 1. The maximum atomic E-state index is 12.0. The van der Waals surface area contributed by atoms with Gasteiger partial charge in [0, 0.05) is 5.56 Å². The van der Waals surface area contributed by atoms with E-state index in [0.29, 0.717) is 12.2 Å². The fourth-order valence-electron chi connectivity index (χ4n) is 1.54. The van der Waals surface area contributed by atoms with Crippen molar-refractivity contribution in [2.45, 2.75) is 32.8 Å². The summed E-state index contributed by atoms with van der Waals surface area (Å²) in [7, 11) is 0. The lowest BCUT2D eigenvalue weighted by atomic mass is 10.0. The Morgan fingerprint density at radius 3 is 2.59 bits per heavy atom. The summed E-state index contributed by atoms with van der Waals surface area (Å²) in [5, 5.41) is 0. The number of carbonyl (C=O) groups excluding carboxylic acids is 1. The molecule has 0 fully saturated rings. The Morgan fingerprint density at radius 1 is 1.41 bits per heavy atom. The Hall–Kier alpha value is -1.41. The second kappa shape index (κ2) is 7.02. The van der Waals surface area contributed by atoms with Crippen LogP contribution in [-0.4, -0.2) is 18.5 Å². The molecule has 1 unspecified atom stereocenters. The molecule has 0 spiro atoms. The molecule has 0 heterocycles. The zero-order valence-corrected chi connectivity index (χ0v) is 10.6. The molecule has 0 N–H and O–H groups in total. The summed E-state index contributed by atoms with van der Waals surface area (Å²) in [6.07, 6.45) is 3.15. The average molecular weight is 232 g/mol. The Bertz CT molecular complexity index is 365. The number of rotatable bonds is 7. The summed E-state index contributed by atoms with van der Waals surface area (Å²) in [6.45, 7) is 8.05. The van der Waals surface area contributed by atoms with Crippen LogP contribution in [0.5, 0.6) is 0 Å². The number of aryl methyl sites for hydroxylation is 1. The van der Waals surface area contributed by atoms with E-state index in [2.05, 4.69) is 13.5 Å². The van der Waals surface area contributed by atoms with Crippen molar-refractivity contribution in [2.75, 3.05) is 6.61 Å². The van der Waals surface area contributed by atoms with E-state index in [4.69, 9.17) is 4.74 Å². The summed E-state index contributed by atoms with van der Waals surface area (Å²) in [4.78, 5) is 12.0. The van der Waals surface area contributed by atoms with E-state index in [-0.39, 0.29) is 11.9 Å². The van der Waals surface area contributed by atoms with E-state index in [1.54, 1.807) is 13.0 Å². The van der Waals surface area contributed by atoms with Gasteiger partial charge in [-0.1, -0.05) is 37.3 Å². The third-order valence-electron chi connectivity index (χ3n) is 2.71. The number of ether oxygens (including phenoxy) is 1. The SMILES string of the molecule is C=CCCOC(C)C(=O)c1ccc(CC)cc1. The van der Waals surface area contributed by atoms with Crippen molar-refractivity contribution in [3.05, 3.63) is 48.0 Å². The molecule has 0 amide bonds.